The number of hydrogen-bond acceptors (Lipinski definition) is 4. The molecule has 0 atom stereocenters. The minimum Gasteiger partial charge on any atom is -0.351 e. The number of halogens is 2. The largest absolute Gasteiger partial charge is 0.351 e. The van der Waals surface area contributed by atoms with Crippen molar-refractivity contribution >= 4 is 56.6 Å². The van der Waals surface area contributed by atoms with Crippen LogP contribution in [-0.4, -0.2) is 32.9 Å². The standard InChI is InChI=1S/C16H16Cl2N2O3S2/c1-25(22,23)20-12-4-7-14(15(18)10-12)16(21)19-8-9-24-13-5-2-11(17)3-6-13/h2-7,10,20H,8-9H2,1H3,(H,19,21). The number of benzene rings is 2. The Morgan fingerprint density at radius 2 is 1.80 bits per heavy atom. The average Bonchev–Trinajstić information content (AvgIpc) is 2.51. The van der Waals surface area contributed by atoms with Gasteiger partial charge in [0.2, 0.25) is 10.0 Å². The van der Waals surface area contributed by atoms with E-state index in [0.29, 0.717) is 23.0 Å². The van der Waals surface area contributed by atoms with E-state index in [2.05, 4.69) is 10.0 Å². The van der Waals surface area contributed by atoms with Gasteiger partial charge in [0.25, 0.3) is 5.91 Å². The number of sulfonamides is 1. The number of amides is 1. The monoisotopic (exact) mass is 418 g/mol. The summed E-state index contributed by atoms with van der Waals surface area (Å²) in [5, 5.41) is 3.64. The Labute approximate surface area is 161 Å². The molecule has 0 aliphatic rings. The van der Waals surface area contributed by atoms with Crippen molar-refractivity contribution in [3.8, 4) is 0 Å². The molecule has 0 aliphatic heterocycles. The second kappa shape index (κ2) is 8.80. The van der Waals surface area contributed by atoms with Gasteiger partial charge >= 0.3 is 0 Å². The molecule has 5 nitrogen and oxygen atoms in total. The summed E-state index contributed by atoms with van der Waals surface area (Å²) in [4.78, 5) is 13.2. The maximum atomic E-state index is 12.2. The highest BCUT2D eigenvalue weighted by Gasteiger charge is 2.12. The molecule has 134 valence electrons. The molecule has 0 aromatic heterocycles. The Hall–Kier alpha value is -1.41. The molecule has 0 spiro atoms. The maximum Gasteiger partial charge on any atom is 0.252 e. The van der Waals surface area contributed by atoms with Crippen LogP contribution in [0.25, 0.3) is 0 Å². The van der Waals surface area contributed by atoms with Crippen molar-refractivity contribution in [3.05, 3.63) is 58.1 Å². The summed E-state index contributed by atoms with van der Waals surface area (Å²) < 4.78 is 24.7. The number of anilines is 1. The molecule has 0 radical (unpaired) electrons. The molecule has 0 heterocycles. The molecule has 2 N–H and O–H groups in total. The molecule has 1 amide bonds. The zero-order valence-electron chi connectivity index (χ0n) is 13.3. The quantitative estimate of drug-likeness (QED) is 0.528. The van der Waals surface area contributed by atoms with E-state index in [1.54, 1.807) is 11.8 Å². The van der Waals surface area contributed by atoms with Gasteiger partial charge in [-0.25, -0.2) is 8.42 Å². The molecule has 0 fully saturated rings. The van der Waals surface area contributed by atoms with Gasteiger partial charge in [0.05, 0.1) is 16.8 Å². The first-order chi connectivity index (χ1) is 11.7. The fourth-order valence-electron chi connectivity index (χ4n) is 1.94. The first-order valence-corrected chi connectivity index (χ1v) is 10.8. The molecule has 25 heavy (non-hydrogen) atoms. The molecule has 2 aromatic carbocycles. The van der Waals surface area contributed by atoms with Crippen molar-refractivity contribution < 1.29 is 13.2 Å². The van der Waals surface area contributed by atoms with Crippen LogP contribution < -0.4 is 10.0 Å². The lowest BCUT2D eigenvalue weighted by Crippen LogP contribution is -2.26. The number of rotatable bonds is 7. The van der Waals surface area contributed by atoms with Crippen molar-refractivity contribution in [2.24, 2.45) is 0 Å². The van der Waals surface area contributed by atoms with Crippen LogP contribution in [0.4, 0.5) is 5.69 Å². The lowest BCUT2D eigenvalue weighted by Gasteiger charge is -2.09. The van der Waals surface area contributed by atoms with Gasteiger partial charge in [-0.1, -0.05) is 23.2 Å². The first kappa shape index (κ1) is 19.9. The van der Waals surface area contributed by atoms with Crippen LogP contribution in [0, 0.1) is 0 Å². The number of thioether (sulfide) groups is 1. The van der Waals surface area contributed by atoms with E-state index in [1.165, 1.54) is 18.2 Å². The minimum absolute atomic E-state index is 0.177. The number of carbonyl (C=O) groups excluding carboxylic acids is 1. The molecular weight excluding hydrogens is 403 g/mol. The first-order valence-electron chi connectivity index (χ1n) is 7.18. The third-order valence-corrected chi connectivity index (χ3v) is 5.17. The average molecular weight is 419 g/mol. The van der Waals surface area contributed by atoms with Crippen LogP contribution in [-0.2, 0) is 10.0 Å². The van der Waals surface area contributed by atoms with Crippen molar-refractivity contribution in [3.63, 3.8) is 0 Å². The molecule has 2 aromatic rings. The summed E-state index contributed by atoms with van der Waals surface area (Å²) in [6.45, 7) is 0.464. The summed E-state index contributed by atoms with van der Waals surface area (Å²) >= 11 is 13.5. The smallest absolute Gasteiger partial charge is 0.252 e. The number of hydrogen-bond donors (Lipinski definition) is 2. The molecule has 0 bridgehead atoms. The summed E-state index contributed by atoms with van der Waals surface area (Å²) in [6, 6.07) is 11.8. The van der Waals surface area contributed by atoms with Crippen LogP contribution in [0.1, 0.15) is 10.4 Å². The van der Waals surface area contributed by atoms with Gasteiger partial charge < -0.3 is 5.32 Å². The van der Waals surface area contributed by atoms with E-state index in [1.807, 2.05) is 24.3 Å². The molecule has 2 rings (SSSR count). The van der Waals surface area contributed by atoms with Gasteiger partial charge in [-0.3, -0.25) is 9.52 Å². The van der Waals surface area contributed by atoms with Crippen LogP contribution in [0.2, 0.25) is 10.0 Å². The zero-order valence-corrected chi connectivity index (χ0v) is 16.4. The van der Waals surface area contributed by atoms with Crippen LogP contribution >= 0.6 is 35.0 Å². The van der Waals surface area contributed by atoms with Crippen LogP contribution in [0.3, 0.4) is 0 Å². The molecule has 0 unspecified atom stereocenters. The van der Waals surface area contributed by atoms with Gasteiger partial charge in [-0.2, -0.15) is 0 Å². The van der Waals surface area contributed by atoms with E-state index in [0.717, 1.165) is 11.2 Å². The van der Waals surface area contributed by atoms with Crippen molar-refractivity contribution in [2.75, 3.05) is 23.3 Å². The Balaban J connectivity index is 1.87. The second-order valence-corrected chi connectivity index (χ2v) is 8.89. The summed E-state index contributed by atoms with van der Waals surface area (Å²) in [7, 11) is -3.39. The Bertz CT molecular complexity index is 856. The van der Waals surface area contributed by atoms with Gasteiger partial charge in [-0.05, 0) is 42.5 Å². The molecule has 0 aliphatic carbocycles. The summed E-state index contributed by atoms with van der Waals surface area (Å²) in [5.41, 5.74) is 0.597. The van der Waals surface area contributed by atoms with Gasteiger partial charge in [0.15, 0.2) is 0 Å². The van der Waals surface area contributed by atoms with Gasteiger partial charge in [0, 0.05) is 27.9 Å². The molecule has 9 heteroatoms. The number of carbonyl (C=O) groups is 1. The van der Waals surface area contributed by atoms with E-state index in [9.17, 15) is 13.2 Å². The highest BCUT2D eigenvalue weighted by Crippen LogP contribution is 2.22. The minimum atomic E-state index is -3.39. The second-order valence-electron chi connectivity index (χ2n) is 5.13. The predicted octanol–water partition coefficient (Wildman–Crippen LogP) is 3.89. The predicted molar refractivity (Wildman–Crippen MR) is 104 cm³/mol. The van der Waals surface area contributed by atoms with Crippen molar-refractivity contribution in [1.82, 2.24) is 5.32 Å². The third kappa shape index (κ3) is 6.78. The zero-order chi connectivity index (χ0) is 18.4. The van der Waals surface area contributed by atoms with Gasteiger partial charge in [0.1, 0.15) is 0 Å². The van der Waals surface area contributed by atoms with E-state index >= 15 is 0 Å². The SMILES string of the molecule is CS(=O)(=O)Nc1ccc(C(=O)NCCSc2ccc(Cl)cc2)c(Cl)c1. The van der Waals surface area contributed by atoms with Crippen molar-refractivity contribution in [2.45, 2.75) is 4.90 Å². The molecule has 0 saturated carbocycles. The summed E-state index contributed by atoms with van der Waals surface area (Å²) in [6.07, 6.45) is 1.04. The third-order valence-electron chi connectivity index (χ3n) is 2.99. The normalized spacial score (nSPS) is 11.2. The fourth-order valence-corrected chi connectivity index (χ4v) is 3.65. The van der Waals surface area contributed by atoms with E-state index in [4.69, 9.17) is 23.2 Å². The van der Waals surface area contributed by atoms with Gasteiger partial charge in [-0.15, -0.1) is 11.8 Å². The Kier molecular flexibility index (Phi) is 7.01. The number of nitrogens with one attached hydrogen (secondary N) is 2. The lowest BCUT2D eigenvalue weighted by atomic mass is 10.2. The Morgan fingerprint density at radius 3 is 2.40 bits per heavy atom. The fraction of sp³-hybridized carbons (Fsp3) is 0.188. The van der Waals surface area contributed by atoms with Crippen LogP contribution in [0.5, 0.6) is 0 Å². The van der Waals surface area contributed by atoms with Crippen LogP contribution in [0.15, 0.2) is 47.4 Å². The van der Waals surface area contributed by atoms with E-state index < -0.39 is 10.0 Å². The highest BCUT2D eigenvalue weighted by atomic mass is 35.5. The Morgan fingerprint density at radius 1 is 1.12 bits per heavy atom. The summed E-state index contributed by atoms with van der Waals surface area (Å²) in [5.74, 6) is 0.381. The van der Waals surface area contributed by atoms with Crippen molar-refractivity contribution in [1.29, 1.82) is 0 Å². The molecule has 0 saturated heterocycles. The molecular formula is C16H16Cl2N2O3S2. The lowest BCUT2D eigenvalue weighted by molar-refractivity contribution is 0.0956. The highest BCUT2D eigenvalue weighted by molar-refractivity contribution is 7.99. The van der Waals surface area contributed by atoms with E-state index in [-0.39, 0.29) is 16.5 Å². The maximum absolute atomic E-state index is 12.2. The topological polar surface area (TPSA) is 75.3 Å².